The van der Waals surface area contributed by atoms with E-state index in [1.807, 2.05) is 0 Å². The van der Waals surface area contributed by atoms with Crippen molar-refractivity contribution in [1.29, 1.82) is 0 Å². The molecule has 0 rings (SSSR count). The number of ketones is 1. The molecule has 0 bridgehead atoms. The largest absolute Gasteiger partial charge is 0.395 e. The van der Waals surface area contributed by atoms with Crippen molar-refractivity contribution in [2.24, 2.45) is 0 Å². The molecular weight excluding hydrogens is 142 g/mol. The van der Waals surface area contributed by atoms with Gasteiger partial charge in [-0.1, -0.05) is 6.58 Å². The van der Waals surface area contributed by atoms with Gasteiger partial charge < -0.3 is 5.11 Å². The van der Waals surface area contributed by atoms with Gasteiger partial charge in [-0.05, 0) is 19.5 Å². The Hall–Kier alpha value is -0.670. The minimum absolute atomic E-state index is 0.0287. The van der Waals surface area contributed by atoms with Crippen LogP contribution in [-0.2, 0) is 4.79 Å². The van der Waals surface area contributed by atoms with Crippen LogP contribution in [0.2, 0.25) is 0 Å². The van der Waals surface area contributed by atoms with E-state index < -0.39 is 0 Å². The van der Waals surface area contributed by atoms with Crippen molar-refractivity contribution in [3.8, 4) is 0 Å². The number of carbonyl (C=O) groups excluding carboxylic acids is 1. The van der Waals surface area contributed by atoms with Crippen LogP contribution in [0.5, 0.6) is 0 Å². The minimum Gasteiger partial charge on any atom is -0.395 e. The van der Waals surface area contributed by atoms with Crippen LogP contribution in [0, 0.1) is 0 Å². The number of carbonyl (C=O) groups is 1. The summed E-state index contributed by atoms with van der Waals surface area (Å²) >= 11 is 0. The number of hydrogen-bond acceptors (Lipinski definition) is 3. The van der Waals surface area contributed by atoms with Crippen LogP contribution in [0.25, 0.3) is 0 Å². The molecule has 0 amide bonds. The van der Waals surface area contributed by atoms with E-state index in [1.54, 1.807) is 18.9 Å². The summed E-state index contributed by atoms with van der Waals surface area (Å²) in [5.74, 6) is 0.0287. The minimum atomic E-state index is 0.0287. The summed E-state index contributed by atoms with van der Waals surface area (Å²) in [6, 6.07) is 0. The second-order valence-corrected chi connectivity index (χ2v) is 2.66. The summed E-state index contributed by atoms with van der Waals surface area (Å²) in [5, 5.41) is 8.51. The van der Waals surface area contributed by atoms with E-state index in [0.717, 1.165) is 0 Å². The number of aliphatic hydroxyl groups excluding tert-OH is 1. The summed E-state index contributed by atoms with van der Waals surface area (Å²) in [6.45, 7) is 6.17. The Labute approximate surface area is 67.3 Å². The number of nitrogens with zero attached hydrogens (tertiary/aromatic N) is 1. The molecule has 3 nitrogen and oxygen atoms in total. The Balaban J connectivity index is 3.66. The van der Waals surface area contributed by atoms with Crippen molar-refractivity contribution >= 4 is 5.78 Å². The molecule has 0 aromatic rings. The molecule has 64 valence electrons. The summed E-state index contributed by atoms with van der Waals surface area (Å²) in [7, 11) is 1.79. The average Bonchev–Trinajstić information content (AvgIpc) is 1.87. The molecule has 0 aliphatic rings. The molecular formula is C8H15NO2. The lowest BCUT2D eigenvalue weighted by Crippen LogP contribution is -2.28. The van der Waals surface area contributed by atoms with Crippen molar-refractivity contribution in [1.82, 2.24) is 4.90 Å². The third kappa shape index (κ3) is 4.70. The molecule has 0 heterocycles. The standard InChI is InChI=1S/C8H15NO2/c1-7(2)8(11)6-9(3)4-5-10/h10H,1,4-6H2,2-3H3. The molecule has 0 spiro atoms. The van der Waals surface area contributed by atoms with Crippen molar-refractivity contribution in [2.75, 3.05) is 26.7 Å². The molecule has 0 aliphatic heterocycles. The maximum Gasteiger partial charge on any atom is 0.171 e. The van der Waals surface area contributed by atoms with E-state index in [0.29, 0.717) is 18.7 Å². The first-order chi connectivity index (χ1) is 5.07. The number of Topliss-reactive ketones (excluding diaryl/α,β-unsaturated/α-hetero) is 1. The molecule has 0 unspecified atom stereocenters. The van der Waals surface area contributed by atoms with E-state index >= 15 is 0 Å². The van der Waals surface area contributed by atoms with Gasteiger partial charge in [-0.15, -0.1) is 0 Å². The fourth-order valence-corrected chi connectivity index (χ4v) is 0.630. The van der Waals surface area contributed by atoms with Crippen molar-refractivity contribution < 1.29 is 9.90 Å². The number of aliphatic hydroxyl groups is 1. The van der Waals surface area contributed by atoms with Gasteiger partial charge in [0.15, 0.2) is 5.78 Å². The summed E-state index contributed by atoms with van der Waals surface area (Å²) in [4.78, 5) is 12.8. The molecule has 0 fully saturated rings. The van der Waals surface area contributed by atoms with Crippen LogP contribution < -0.4 is 0 Å². The number of likely N-dealkylation sites (N-methyl/N-ethyl adjacent to an activating group) is 1. The van der Waals surface area contributed by atoms with Crippen molar-refractivity contribution in [3.63, 3.8) is 0 Å². The lowest BCUT2D eigenvalue weighted by molar-refractivity contribution is -0.116. The first kappa shape index (κ1) is 10.3. The first-order valence-corrected chi connectivity index (χ1v) is 3.56. The predicted octanol–water partition coefficient (Wildman–Crippen LogP) is 0.0557. The molecule has 0 saturated heterocycles. The lowest BCUT2D eigenvalue weighted by atomic mass is 10.2. The average molecular weight is 157 g/mol. The molecule has 3 heteroatoms. The molecule has 0 aliphatic carbocycles. The van der Waals surface area contributed by atoms with Crippen LogP contribution in [0.15, 0.2) is 12.2 Å². The van der Waals surface area contributed by atoms with Crippen LogP contribution in [0.3, 0.4) is 0 Å². The van der Waals surface area contributed by atoms with E-state index in [1.165, 1.54) is 0 Å². The topological polar surface area (TPSA) is 40.5 Å². The third-order valence-electron chi connectivity index (χ3n) is 1.37. The van der Waals surface area contributed by atoms with E-state index in [-0.39, 0.29) is 12.4 Å². The fourth-order valence-electron chi connectivity index (χ4n) is 0.630. The van der Waals surface area contributed by atoms with E-state index in [9.17, 15) is 4.79 Å². The van der Waals surface area contributed by atoms with Crippen molar-refractivity contribution in [2.45, 2.75) is 6.92 Å². The maximum absolute atomic E-state index is 11.0. The second-order valence-electron chi connectivity index (χ2n) is 2.66. The zero-order valence-electron chi connectivity index (χ0n) is 7.13. The van der Waals surface area contributed by atoms with Gasteiger partial charge >= 0.3 is 0 Å². The van der Waals surface area contributed by atoms with Gasteiger partial charge in [-0.25, -0.2) is 0 Å². The number of rotatable bonds is 5. The van der Waals surface area contributed by atoms with E-state index in [4.69, 9.17) is 5.11 Å². The zero-order valence-corrected chi connectivity index (χ0v) is 7.13. The van der Waals surface area contributed by atoms with E-state index in [2.05, 4.69) is 6.58 Å². The molecule has 11 heavy (non-hydrogen) atoms. The third-order valence-corrected chi connectivity index (χ3v) is 1.37. The normalized spacial score (nSPS) is 10.2. The highest BCUT2D eigenvalue weighted by Gasteiger charge is 2.05. The second kappa shape index (κ2) is 5.04. The molecule has 1 N–H and O–H groups in total. The first-order valence-electron chi connectivity index (χ1n) is 3.56. The van der Waals surface area contributed by atoms with Crippen LogP contribution in [-0.4, -0.2) is 42.5 Å². The van der Waals surface area contributed by atoms with Gasteiger partial charge in [0.2, 0.25) is 0 Å². The Morgan fingerprint density at radius 2 is 2.18 bits per heavy atom. The van der Waals surface area contributed by atoms with Gasteiger partial charge in [-0.3, -0.25) is 9.69 Å². The zero-order chi connectivity index (χ0) is 8.85. The molecule has 0 atom stereocenters. The van der Waals surface area contributed by atoms with Gasteiger partial charge in [0.25, 0.3) is 0 Å². The Morgan fingerprint density at radius 3 is 2.55 bits per heavy atom. The highest BCUT2D eigenvalue weighted by molar-refractivity contribution is 5.95. The van der Waals surface area contributed by atoms with Gasteiger partial charge in [-0.2, -0.15) is 0 Å². The van der Waals surface area contributed by atoms with Gasteiger partial charge in [0, 0.05) is 6.54 Å². The summed E-state index contributed by atoms with van der Waals surface area (Å²) < 4.78 is 0. The summed E-state index contributed by atoms with van der Waals surface area (Å²) in [6.07, 6.45) is 0. The highest BCUT2D eigenvalue weighted by atomic mass is 16.3. The SMILES string of the molecule is C=C(C)C(=O)CN(C)CCO. The van der Waals surface area contributed by atoms with Gasteiger partial charge in [0.05, 0.1) is 13.2 Å². The Morgan fingerprint density at radius 1 is 1.64 bits per heavy atom. The van der Waals surface area contributed by atoms with Crippen LogP contribution in [0.1, 0.15) is 6.92 Å². The highest BCUT2D eigenvalue weighted by Crippen LogP contribution is 1.91. The van der Waals surface area contributed by atoms with Crippen molar-refractivity contribution in [3.05, 3.63) is 12.2 Å². The van der Waals surface area contributed by atoms with Crippen LogP contribution >= 0.6 is 0 Å². The molecule has 0 radical (unpaired) electrons. The fraction of sp³-hybridized carbons (Fsp3) is 0.625. The maximum atomic E-state index is 11.0. The monoisotopic (exact) mass is 157 g/mol. The smallest absolute Gasteiger partial charge is 0.171 e. The Kier molecular flexibility index (Phi) is 4.74. The van der Waals surface area contributed by atoms with Crippen LogP contribution in [0.4, 0.5) is 0 Å². The lowest BCUT2D eigenvalue weighted by Gasteiger charge is -2.13. The summed E-state index contributed by atoms with van der Waals surface area (Å²) in [5.41, 5.74) is 0.565. The van der Waals surface area contributed by atoms with Gasteiger partial charge in [0.1, 0.15) is 0 Å². The predicted molar refractivity (Wildman–Crippen MR) is 44.4 cm³/mol. The molecule has 0 aromatic carbocycles. The number of hydrogen-bond donors (Lipinski definition) is 1. The Bertz CT molecular complexity index is 154. The quantitative estimate of drug-likeness (QED) is 0.573. The molecule has 0 saturated carbocycles. The molecule has 0 aromatic heterocycles.